The molecule has 1 amide bonds. The molecule has 0 aromatic heterocycles. The number of amides is 1. The van der Waals surface area contributed by atoms with E-state index in [2.05, 4.69) is 11.8 Å². The van der Waals surface area contributed by atoms with Crippen molar-refractivity contribution in [2.45, 2.75) is 12.8 Å². The number of hydrogen-bond acceptors (Lipinski definition) is 3. The number of nitriles is 1. The molecule has 1 rings (SSSR count). The van der Waals surface area contributed by atoms with Gasteiger partial charge in [0.1, 0.15) is 0 Å². The lowest BCUT2D eigenvalue weighted by Crippen LogP contribution is -2.08. The van der Waals surface area contributed by atoms with Crippen molar-refractivity contribution in [3.05, 3.63) is 35.4 Å². The Morgan fingerprint density at radius 2 is 2.06 bits per heavy atom. The number of hydrogen-bond donors (Lipinski definition) is 1. The van der Waals surface area contributed by atoms with Crippen LogP contribution in [0.2, 0.25) is 0 Å². The molecule has 0 radical (unpaired) electrons. The SMILES string of the molecule is N#CCC(=O)c1cccc(C#CCC(N)=O)c1. The molecule has 0 aliphatic carbocycles. The van der Waals surface area contributed by atoms with Gasteiger partial charge in [-0.05, 0) is 12.1 Å². The monoisotopic (exact) mass is 226 g/mol. The minimum absolute atomic E-state index is 0.0175. The summed E-state index contributed by atoms with van der Waals surface area (Å²) in [6.07, 6.45) is -0.172. The van der Waals surface area contributed by atoms with Crippen molar-refractivity contribution in [1.29, 1.82) is 5.26 Å². The van der Waals surface area contributed by atoms with E-state index in [1.165, 1.54) is 0 Å². The van der Waals surface area contributed by atoms with Crippen LogP contribution in [0.3, 0.4) is 0 Å². The van der Waals surface area contributed by atoms with Gasteiger partial charge in [0.2, 0.25) is 5.91 Å². The highest BCUT2D eigenvalue weighted by molar-refractivity contribution is 5.97. The molecule has 0 spiro atoms. The number of rotatable bonds is 3. The Balaban J connectivity index is 2.85. The van der Waals surface area contributed by atoms with Gasteiger partial charge in [-0.3, -0.25) is 9.59 Å². The summed E-state index contributed by atoms with van der Waals surface area (Å²) in [5.74, 6) is 4.59. The first-order valence-corrected chi connectivity index (χ1v) is 4.91. The van der Waals surface area contributed by atoms with Gasteiger partial charge < -0.3 is 5.73 Å². The topological polar surface area (TPSA) is 83.9 Å². The van der Waals surface area contributed by atoms with Crippen LogP contribution in [0.15, 0.2) is 24.3 Å². The molecule has 84 valence electrons. The molecule has 1 aromatic carbocycles. The minimum Gasteiger partial charge on any atom is -0.369 e. The van der Waals surface area contributed by atoms with Crippen molar-refractivity contribution in [3.8, 4) is 17.9 Å². The maximum absolute atomic E-state index is 11.4. The third kappa shape index (κ3) is 4.19. The molecule has 0 aliphatic rings. The molecule has 4 heteroatoms. The van der Waals surface area contributed by atoms with Crippen LogP contribution in [-0.4, -0.2) is 11.7 Å². The van der Waals surface area contributed by atoms with E-state index in [1.54, 1.807) is 30.3 Å². The van der Waals surface area contributed by atoms with Crippen LogP contribution < -0.4 is 5.73 Å². The van der Waals surface area contributed by atoms with E-state index < -0.39 is 5.91 Å². The van der Waals surface area contributed by atoms with Gasteiger partial charge in [0.05, 0.1) is 18.9 Å². The van der Waals surface area contributed by atoms with E-state index in [1.807, 2.05) is 0 Å². The first kappa shape index (κ1) is 12.5. The highest BCUT2D eigenvalue weighted by atomic mass is 16.1. The Morgan fingerprint density at radius 1 is 1.29 bits per heavy atom. The average Bonchev–Trinajstić information content (AvgIpc) is 2.29. The normalized spacial score (nSPS) is 8.65. The molecule has 0 saturated heterocycles. The second kappa shape index (κ2) is 6.09. The molecular formula is C13H10N2O2. The molecule has 2 N–H and O–H groups in total. The summed E-state index contributed by atoms with van der Waals surface area (Å²) in [5.41, 5.74) is 6.01. The fraction of sp³-hybridized carbons (Fsp3) is 0.154. The third-order valence-corrected chi connectivity index (χ3v) is 1.92. The van der Waals surface area contributed by atoms with E-state index in [9.17, 15) is 9.59 Å². The lowest BCUT2D eigenvalue weighted by Gasteiger charge is -1.96. The van der Waals surface area contributed by atoms with E-state index in [-0.39, 0.29) is 18.6 Å². The van der Waals surface area contributed by atoms with Crippen LogP contribution in [0.4, 0.5) is 0 Å². The Bertz CT molecular complexity index is 545. The Morgan fingerprint density at radius 3 is 2.71 bits per heavy atom. The molecule has 17 heavy (non-hydrogen) atoms. The summed E-state index contributed by atoms with van der Waals surface area (Å²) >= 11 is 0. The zero-order chi connectivity index (χ0) is 12.7. The molecular weight excluding hydrogens is 216 g/mol. The number of carbonyl (C=O) groups is 2. The van der Waals surface area contributed by atoms with Crippen LogP contribution in [0.25, 0.3) is 0 Å². The number of Topliss-reactive ketones (excluding diaryl/α,β-unsaturated/α-hetero) is 1. The first-order chi connectivity index (χ1) is 8.13. The van der Waals surface area contributed by atoms with E-state index in [0.29, 0.717) is 11.1 Å². The van der Waals surface area contributed by atoms with E-state index >= 15 is 0 Å². The average molecular weight is 226 g/mol. The third-order valence-electron chi connectivity index (χ3n) is 1.92. The van der Waals surface area contributed by atoms with Crippen molar-refractivity contribution in [1.82, 2.24) is 0 Å². The van der Waals surface area contributed by atoms with Crippen molar-refractivity contribution < 1.29 is 9.59 Å². The molecule has 0 bridgehead atoms. The number of carbonyl (C=O) groups excluding carboxylic acids is 2. The zero-order valence-corrected chi connectivity index (χ0v) is 9.06. The summed E-state index contributed by atoms with van der Waals surface area (Å²) < 4.78 is 0. The smallest absolute Gasteiger partial charge is 0.229 e. The summed E-state index contributed by atoms with van der Waals surface area (Å²) in [4.78, 5) is 21.9. The molecule has 4 nitrogen and oxygen atoms in total. The van der Waals surface area contributed by atoms with Gasteiger partial charge in [-0.1, -0.05) is 24.0 Å². The maximum atomic E-state index is 11.4. The lowest BCUT2D eigenvalue weighted by atomic mass is 10.1. The fourth-order valence-electron chi connectivity index (χ4n) is 1.18. The molecule has 0 unspecified atom stereocenters. The number of benzene rings is 1. The predicted molar refractivity (Wildman–Crippen MR) is 61.7 cm³/mol. The quantitative estimate of drug-likeness (QED) is 0.616. The highest BCUT2D eigenvalue weighted by Gasteiger charge is 2.04. The van der Waals surface area contributed by atoms with Gasteiger partial charge >= 0.3 is 0 Å². The summed E-state index contributed by atoms with van der Waals surface area (Å²) in [6, 6.07) is 8.41. The van der Waals surface area contributed by atoms with Crippen molar-refractivity contribution >= 4 is 11.7 Å². The molecule has 0 saturated carbocycles. The number of primary amides is 1. The van der Waals surface area contributed by atoms with Gasteiger partial charge in [-0.2, -0.15) is 5.26 Å². The number of nitrogens with two attached hydrogens (primary N) is 1. The predicted octanol–water partition coefficient (Wildman–Crippen LogP) is 1.01. The van der Waals surface area contributed by atoms with Gasteiger partial charge in [0, 0.05) is 11.1 Å². The van der Waals surface area contributed by atoms with Crippen molar-refractivity contribution in [3.63, 3.8) is 0 Å². The van der Waals surface area contributed by atoms with Crippen LogP contribution in [0.5, 0.6) is 0 Å². The molecule has 0 fully saturated rings. The van der Waals surface area contributed by atoms with Crippen molar-refractivity contribution in [2.24, 2.45) is 5.73 Å². The lowest BCUT2D eigenvalue weighted by molar-refractivity contribution is -0.117. The molecule has 0 atom stereocenters. The molecule has 0 heterocycles. The van der Waals surface area contributed by atoms with Gasteiger partial charge in [-0.25, -0.2) is 0 Å². The summed E-state index contributed by atoms with van der Waals surface area (Å²) in [7, 11) is 0. The van der Waals surface area contributed by atoms with Gasteiger partial charge in [0.25, 0.3) is 0 Å². The van der Waals surface area contributed by atoms with Crippen LogP contribution in [0.1, 0.15) is 28.8 Å². The summed E-state index contributed by atoms with van der Waals surface area (Å²) in [6.45, 7) is 0. The van der Waals surface area contributed by atoms with Gasteiger partial charge in [0.15, 0.2) is 5.78 Å². The fourth-order valence-corrected chi connectivity index (χ4v) is 1.18. The Kier molecular flexibility index (Phi) is 4.47. The molecule has 1 aromatic rings. The minimum atomic E-state index is -0.491. The second-order valence-electron chi connectivity index (χ2n) is 3.28. The Hall–Kier alpha value is -2.59. The molecule has 0 aliphatic heterocycles. The maximum Gasteiger partial charge on any atom is 0.229 e. The standard InChI is InChI=1S/C13H10N2O2/c14-8-7-12(16)11-5-1-3-10(9-11)4-2-6-13(15)17/h1,3,5,9H,6-7H2,(H2,15,17). The van der Waals surface area contributed by atoms with E-state index in [4.69, 9.17) is 11.0 Å². The van der Waals surface area contributed by atoms with Crippen LogP contribution in [0, 0.1) is 23.2 Å². The largest absolute Gasteiger partial charge is 0.369 e. The van der Waals surface area contributed by atoms with Crippen LogP contribution >= 0.6 is 0 Å². The summed E-state index contributed by atoms with van der Waals surface area (Å²) in [5, 5.41) is 8.42. The first-order valence-electron chi connectivity index (χ1n) is 4.91. The Labute approximate surface area is 99.0 Å². The highest BCUT2D eigenvalue weighted by Crippen LogP contribution is 2.06. The second-order valence-corrected chi connectivity index (χ2v) is 3.28. The van der Waals surface area contributed by atoms with E-state index in [0.717, 1.165) is 0 Å². The zero-order valence-electron chi connectivity index (χ0n) is 9.06. The van der Waals surface area contributed by atoms with Gasteiger partial charge in [-0.15, -0.1) is 0 Å². The number of ketones is 1. The van der Waals surface area contributed by atoms with Crippen LogP contribution in [-0.2, 0) is 4.79 Å². The number of nitrogens with zero attached hydrogens (tertiary/aromatic N) is 1. The van der Waals surface area contributed by atoms with Crippen molar-refractivity contribution in [2.75, 3.05) is 0 Å².